The highest BCUT2D eigenvalue weighted by molar-refractivity contribution is 5.97. The summed E-state index contributed by atoms with van der Waals surface area (Å²) < 4.78 is 10.4. The van der Waals surface area contributed by atoms with E-state index < -0.39 is 5.97 Å². The maximum atomic E-state index is 12.3. The molecule has 0 fully saturated rings. The summed E-state index contributed by atoms with van der Waals surface area (Å²) in [7, 11) is 0. The predicted octanol–water partition coefficient (Wildman–Crippen LogP) is 2.37. The zero-order chi connectivity index (χ0) is 19.5. The third-order valence-corrected chi connectivity index (χ3v) is 4.89. The lowest BCUT2D eigenvalue weighted by Gasteiger charge is -2.26. The van der Waals surface area contributed by atoms with Gasteiger partial charge in [-0.15, -0.1) is 0 Å². The lowest BCUT2D eigenvalue weighted by molar-refractivity contribution is -0.125. The van der Waals surface area contributed by atoms with E-state index in [2.05, 4.69) is 16.7 Å². The third-order valence-electron chi connectivity index (χ3n) is 4.89. The van der Waals surface area contributed by atoms with Gasteiger partial charge in [-0.2, -0.15) is 0 Å². The number of ether oxygens (including phenoxy) is 2. The van der Waals surface area contributed by atoms with Crippen molar-refractivity contribution in [2.45, 2.75) is 25.3 Å². The fraction of sp³-hybridized carbons (Fsp3) is 0.286. The highest BCUT2D eigenvalue weighted by Crippen LogP contribution is 2.30. The van der Waals surface area contributed by atoms with E-state index in [1.807, 2.05) is 18.2 Å². The fourth-order valence-electron chi connectivity index (χ4n) is 3.56. The number of hydrogen-bond donors (Lipinski definition) is 2. The minimum Gasteiger partial charge on any atom is -0.482 e. The van der Waals surface area contributed by atoms with Gasteiger partial charge in [-0.3, -0.25) is 9.59 Å². The van der Waals surface area contributed by atoms with Crippen molar-refractivity contribution in [1.29, 1.82) is 0 Å². The zero-order valence-electron chi connectivity index (χ0n) is 15.2. The van der Waals surface area contributed by atoms with Crippen LogP contribution in [-0.4, -0.2) is 31.0 Å². The van der Waals surface area contributed by atoms with E-state index in [-0.39, 0.29) is 36.6 Å². The minimum absolute atomic E-state index is 0.0584. The van der Waals surface area contributed by atoms with Crippen molar-refractivity contribution in [3.63, 3.8) is 0 Å². The van der Waals surface area contributed by atoms with Crippen molar-refractivity contribution in [2.24, 2.45) is 0 Å². The summed E-state index contributed by atoms with van der Waals surface area (Å²) in [6.45, 7) is -0.455. The average Bonchev–Trinajstić information content (AvgIpc) is 2.72. The average molecular weight is 380 g/mol. The van der Waals surface area contributed by atoms with Gasteiger partial charge in [0.25, 0.3) is 11.8 Å². The molecule has 0 bridgehead atoms. The number of carbonyl (C=O) groups excluding carboxylic acids is 3. The first kappa shape index (κ1) is 18.0. The molecule has 28 heavy (non-hydrogen) atoms. The molecule has 1 aliphatic carbocycles. The SMILES string of the molecule is O=C1COc2cc(C(=O)OCC(=O)N[C@@H]3CCCc4ccccc43)ccc2N1. The molecule has 0 spiro atoms. The molecule has 4 rings (SSSR count). The van der Waals surface area contributed by atoms with Crippen molar-refractivity contribution < 1.29 is 23.9 Å². The van der Waals surface area contributed by atoms with Crippen molar-refractivity contribution in [3.8, 4) is 5.75 Å². The summed E-state index contributed by atoms with van der Waals surface area (Å²) in [5, 5.41) is 5.60. The number of benzene rings is 2. The van der Waals surface area contributed by atoms with Crippen LogP contribution in [0.2, 0.25) is 0 Å². The number of rotatable bonds is 4. The molecule has 7 nitrogen and oxygen atoms in total. The molecular weight excluding hydrogens is 360 g/mol. The van der Waals surface area contributed by atoms with Crippen LogP contribution in [-0.2, 0) is 20.7 Å². The molecule has 0 saturated carbocycles. The maximum Gasteiger partial charge on any atom is 0.338 e. The Morgan fingerprint density at radius 1 is 1.21 bits per heavy atom. The highest BCUT2D eigenvalue weighted by atomic mass is 16.5. The Kier molecular flexibility index (Phi) is 4.97. The van der Waals surface area contributed by atoms with Gasteiger partial charge in [0.05, 0.1) is 17.3 Å². The van der Waals surface area contributed by atoms with Gasteiger partial charge >= 0.3 is 5.97 Å². The highest BCUT2D eigenvalue weighted by Gasteiger charge is 2.22. The number of carbonyl (C=O) groups is 3. The molecule has 1 atom stereocenters. The van der Waals surface area contributed by atoms with E-state index in [1.54, 1.807) is 6.07 Å². The summed E-state index contributed by atoms with van der Waals surface area (Å²) in [6, 6.07) is 12.6. The van der Waals surface area contributed by atoms with Crippen molar-refractivity contribution in [3.05, 3.63) is 59.2 Å². The molecular formula is C21H20N2O5. The van der Waals surface area contributed by atoms with Crippen LogP contribution in [0.3, 0.4) is 0 Å². The Morgan fingerprint density at radius 2 is 2.07 bits per heavy atom. The lowest BCUT2D eigenvalue weighted by Crippen LogP contribution is -2.34. The van der Waals surface area contributed by atoms with Gasteiger partial charge in [0.1, 0.15) is 5.75 Å². The summed E-state index contributed by atoms with van der Waals surface area (Å²) in [5.74, 6) is -0.805. The Labute approximate surface area is 162 Å². The van der Waals surface area contributed by atoms with Gasteiger partial charge in [0.15, 0.2) is 13.2 Å². The van der Waals surface area contributed by atoms with E-state index in [0.29, 0.717) is 11.4 Å². The molecule has 0 aromatic heterocycles. The minimum atomic E-state index is -0.623. The second-order valence-corrected chi connectivity index (χ2v) is 6.84. The third kappa shape index (κ3) is 3.83. The zero-order valence-corrected chi connectivity index (χ0v) is 15.2. The Bertz CT molecular complexity index is 940. The van der Waals surface area contributed by atoms with Crippen LogP contribution in [0.1, 0.15) is 40.4 Å². The molecule has 2 amide bonds. The molecule has 0 saturated heterocycles. The molecule has 1 aliphatic heterocycles. The molecule has 2 N–H and O–H groups in total. The molecule has 0 unspecified atom stereocenters. The standard InChI is InChI=1S/C21H20N2O5/c24-19-11-27-18-10-14(8-9-17(18)23-19)21(26)28-12-20(25)22-16-7-3-5-13-4-1-2-6-15(13)16/h1-2,4,6,8-10,16H,3,5,7,11-12H2,(H,22,25)(H,23,24)/t16-/m1/s1. The molecule has 2 aliphatic rings. The first-order valence-electron chi connectivity index (χ1n) is 9.21. The smallest absolute Gasteiger partial charge is 0.338 e. The van der Waals surface area contributed by atoms with Crippen LogP contribution in [0.4, 0.5) is 5.69 Å². The summed E-state index contributed by atoms with van der Waals surface area (Å²) in [5.41, 5.74) is 3.13. The molecule has 1 heterocycles. The second kappa shape index (κ2) is 7.72. The second-order valence-electron chi connectivity index (χ2n) is 6.84. The number of amides is 2. The van der Waals surface area contributed by atoms with Crippen LogP contribution in [0.5, 0.6) is 5.75 Å². The van der Waals surface area contributed by atoms with Gasteiger partial charge in [0.2, 0.25) is 0 Å². The maximum absolute atomic E-state index is 12.3. The van der Waals surface area contributed by atoms with Gasteiger partial charge in [0, 0.05) is 0 Å². The van der Waals surface area contributed by atoms with Gasteiger partial charge in [-0.05, 0) is 48.6 Å². The number of nitrogens with one attached hydrogen (secondary N) is 2. The van der Waals surface area contributed by atoms with E-state index in [9.17, 15) is 14.4 Å². The predicted molar refractivity (Wildman–Crippen MR) is 101 cm³/mol. The number of hydrogen-bond acceptors (Lipinski definition) is 5. The van der Waals surface area contributed by atoms with Gasteiger partial charge in [-0.1, -0.05) is 24.3 Å². The summed E-state index contributed by atoms with van der Waals surface area (Å²) >= 11 is 0. The monoisotopic (exact) mass is 380 g/mol. The lowest BCUT2D eigenvalue weighted by atomic mass is 9.88. The molecule has 0 radical (unpaired) electrons. The first-order chi connectivity index (χ1) is 13.6. The fourth-order valence-corrected chi connectivity index (χ4v) is 3.56. The normalized spacial score (nSPS) is 17.4. The summed E-state index contributed by atoms with van der Waals surface area (Å²) in [6.07, 6.45) is 2.89. The van der Waals surface area contributed by atoms with E-state index in [0.717, 1.165) is 24.8 Å². The van der Waals surface area contributed by atoms with Crippen LogP contribution in [0.25, 0.3) is 0 Å². The summed E-state index contributed by atoms with van der Waals surface area (Å²) in [4.78, 5) is 35.8. The first-order valence-corrected chi connectivity index (χ1v) is 9.21. The van der Waals surface area contributed by atoms with Crippen LogP contribution in [0.15, 0.2) is 42.5 Å². The quantitative estimate of drug-likeness (QED) is 0.795. The van der Waals surface area contributed by atoms with Gasteiger partial charge < -0.3 is 20.1 Å². The van der Waals surface area contributed by atoms with Crippen LogP contribution < -0.4 is 15.4 Å². The largest absolute Gasteiger partial charge is 0.482 e. The molecule has 144 valence electrons. The van der Waals surface area contributed by atoms with Crippen molar-refractivity contribution in [2.75, 3.05) is 18.5 Å². The van der Waals surface area contributed by atoms with E-state index >= 15 is 0 Å². The van der Waals surface area contributed by atoms with Crippen LogP contribution in [0, 0.1) is 0 Å². The molecule has 2 aromatic carbocycles. The number of fused-ring (bicyclic) bond motifs is 2. The number of aryl methyl sites for hydroxylation is 1. The van der Waals surface area contributed by atoms with E-state index in [1.165, 1.54) is 17.7 Å². The number of esters is 1. The van der Waals surface area contributed by atoms with Crippen LogP contribution >= 0.6 is 0 Å². The number of anilines is 1. The molecule has 7 heteroatoms. The Hall–Kier alpha value is -3.35. The Balaban J connectivity index is 1.34. The van der Waals surface area contributed by atoms with Gasteiger partial charge in [-0.25, -0.2) is 4.79 Å². The molecule has 2 aromatic rings. The Morgan fingerprint density at radius 3 is 2.96 bits per heavy atom. The van der Waals surface area contributed by atoms with Crippen molar-refractivity contribution >= 4 is 23.5 Å². The topological polar surface area (TPSA) is 93.7 Å². The van der Waals surface area contributed by atoms with Crippen molar-refractivity contribution in [1.82, 2.24) is 5.32 Å². The van der Waals surface area contributed by atoms with E-state index in [4.69, 9.17) is 9.47 Å².